The molecule has 1 aromatic heterocycles. The lowest BCUT2D eigenvalue weighted by Crippen LogP contribution is -2.41. The van der Waals surface area contributed by atoms with Crippen molar-refractivity contribution >= 4 is 11.6 Å². The molecule has 100 valence electrons. The Bertz CT molecular complexity index is 367. The first kappa shape index (κ1) is 13.8. The van der Waals surface area contributed by atoms with Crippen LogP contribution in [0.25, 0.3) is 0 Å². The van der Waals surface area contributed by atoms with Crippen LogP contribution in [0.1, 0.15) is 31.7 Å². The van der Waals surface area contributed by atoms with Crippen molar-refractivity contribution in [1.29, 1.82) is 0 Å². The van der Waals surface area contributed by atoms with Crippen LogP contribution >= 0.6 is 11.6 Å². The average molecular weight is 269 g/mol. The first-order chi connectivity index (χ1) is 8.81. The van der Waals surface area contributed by atoms with E-state index in [1.807, 2.05) is 6.07 Å². The molecule has 1 N–H and O–H groups in total. The lowest BCUT2D eigenvalue weighted by Gasteiger charge is -2.24. The highest BCUT2D eigenvalue weighted by molar-refractivity contribution is 6.31. The highest BCUT2D eigenvalue weighted by atomic mass is 35.5. The predicted molar refractivity (Wildman–Crippen MR) is 74.0 cm³/mol. The summed E-state index contributed by atoms with van der Waals surface area (Å²) in [6.07, 6.45) is 8.18. The third kappa shape index (κ3) is 3.67. The largest absolute Gasteiger partial charge is 0.377 e. The van der Waals surface area contributed by atoms with Gasteiger partial charge in [-0.3, -0.25) is 4.98 Å². The predicted octanol–water partition coefficient (Wildman–Crippen LogP) is 2.82. The van der Waals surface area contributed by atoms with Crippen LogP contribution in [0.15, 0.2) is 18.5 Å². The molecule has 2 rings (SSSR count). The number of hydrogen-bond donors (Lipinski definition) is 1. The molecule has 18 heavy (non-hydrogen) atoms. The van der Waals surface area contributed by atoms with Gasteiger partial charge < -0.3 is 10.1 Å². The van der Waals surface area contributed by atoms with Gasteiger partial charge in [-0.05, 0) is 43.9 Å². The van der Waals surface area contributed by atoms with E-state index in [4.69, 9.17) is 16.3 Å². The van der Waals surface area contributed by atoms with Gasteiger partial charge in [0.05, 0.1) is 11.1 Å². The molecule has 2 atom stereocenters. The van der Waals surface area contributed by atoms with E-state index in [2.05, 4.69) is 17.2 Å². The molecule has 1 aliphatic rings. The van der Waals surface area contributed by atoms with Crippen LogP contribution in [-0.2, 0) is 11.2 Å². The first-order valence-corrected chi connectivity index (χ1v) is 7.12. The van der Waals surface area contributed by atoms with Gasteiger partial charge in [0.25, 0.3) is 0 Å². The van der Waals surface area contributed by atoms with E-state index in [9.17, 15) is 0 Å². The van der Waals surface area contributed by atoms with E-state index >= 15 is 0 Å². The van der Waals surface area contributed by atoms with Crippen molar-refractivity contribution in [3.63, 3.8) is 0 Å². The Morgan fingerprint density at radius 1 is 1.61 bits per heavy atom. The second-order valence-corrected chi connectivity index (χ2v) is 5.19. The first-order valence-electron chi connectivity index (χ1n) is 6.74. The molecule has 2 heterocycles. The fourth-order valence-corrected chi connectivity index (χ4v) is 2.59. The normalized spacial score (nSPS) is 21.1. The second-order valence-electron chi connectivity index (χ2n) is 4.78. The maximum Gasteiger partial charge on any atom is 0.0732 e. The van der Waals surface area contributed by atoms with Crippen LogP contribution in [0.5, 0.6) is 0 Å². The number of pyridine rings is 1. The highest BCUT2D eigenvalue weighted by Gasteiger charge is 2.26. The average Bonchev–Trinajstić information content (AvgIpc) is 2.90. The number of nitrogens with zero attached hydrogens (tertiary/aromatic N) is 1. The Balaban J connectivity index is 2.02. The van der Waals surface area contributed by atoms with Crippen molar-refractivity contribution in [2.24, 2.45) is 0 Å². The molecule has 0 aliphatic carbocycles. The molecule has 0 bridgehead atoms. The molecule has 1 fully saturated rings. The van der Waals surface area contributed by atoms with E-state index in [-0.39, 0.29) is 0 Å². The maximum atomic E-state index is 6.18. The second kappa shape index (κ2) is 7.07. The molecule has 0 spiro atoms. The summed E-state index contributed by atoms with van der Waals surface area (Å²) in [5.41, 5.74) is 1.15. The molecular formula is C14H21ClN2O. The van der Waals surface area contributed by atoms with E-state index in [0.717, 1.165) is 43.0 Å². The van der Waals surface area contributed by atoms with Crippen LogP contribution < -0.4 is 5.32 Å². The Morgan fingerprint density at radius 3 is 3.17 bits per heavy atom. The Kier molecular flexibility index (Phi) is 5.42. The summed E-state index contributed by atoms with van der Waals surface area (Å²) >= 11 is 6.18. The molecule has 0 radical (unpaired) electrons. The van der Waals surface area contributed by atoms with Crippen molar-refractivity contribution in [3.05, 3.63) is 29.0 Å². The SMILES string of the molecule is CCCNC(Cc1ccncc1Cl)C1CCCO1. The number of halogens is 1. The smallest absolute Gasteiger partial charge is 0.0732 e. The third-order valence-corrected chi connectivity index (χ3v) is 3.71. The standard InChI is InChI=1S/C14H21ClN2O/c1-2-6-17-13(14-4-3-8-18-14)9-11-5-7-16-10-12(11)15/h5,7,10,13-14,17H,2-4,6,8-9H2,1H3. The fraction of sp³-hybridized carbons (Fsp3) is 0.643. The number of aromatic nitrogens is 1. The van der Waals surface area contributed by atoms with Crippen molar-refractivity contribution in [2.45, 2.75) is 44.8 Å². The van der Waals surface area contributed by atoms with Crippen LogP contribution in [0.2, 0.25) is 5.02 Å². The molecular weight excluding hydrogens is 248 g/mol. The van der Waals surface area contributed by atoms with Gasteiger partial charge in [0, 0.05) is 25.0 Å². The van der Waals surface area contributed by atoms with Crippen LogP contribution in [0.4, 0.5) is 0 Å². The molecule has 2 unspecified atom stereocenters. The molecule has 1 aliphatic heterocycles. The molecule has 1 aromatic rings. The van der Waals surface area contributed by atoms with Gasteiger partial charge in [0.15, 0.2) is 0 Å². The van der Waals surface area contributed by atoms with Crippen molar-refractivity contribution in [3.8, 4) is 0 Å². The van der Waals surface area contributed by atoms with Crippen LogP contribution in [0, 0.1) is 0 Å². The van der Waals surface area contributed by atoms with E-state index < -0.39 is 0 Å². The Morgan fingerprint density at radius 2 is 2.50 bits per heavy atom. The van der Waals surface area contributed by atoms with Crippen molar-refractivity contribution in [1.82, 2.24) is 10.3 Å². The quantitative estimate of drug-likeness (QED) is 0.862. The summed E-state index contributed by atoms with van der Waals surface area (Å²) in [6.45, 7) is 4.09. The van der Waals surface area contributed by atoms with Crippen LogP contribution in [-0.4, -0.2) is 30.3 Å². The number of ether oxygens (including phenoxy) is 1. The minimum atomic E-state index is 0.320. The number of nitrogens with one attached hydrogen (secondary N) is 1. The van der Waals surface area contributed by atoms with Gasteiger partial charge >= 0.3 is 0 Å². The number of hydrogen-bond acceptors (Lipinski definition) is 3. The number of rotatable bonds is 6. The summed E-state index contributed by atoms with van der Waals surface area (Å²) in [6, 6.07) is 2.35. The summed E-state index contributed by atoms with van der Waals surface area (Å²) in [7, 11) is 0. The minimum Gasteiger partial charge on any atom is -0.377 e. The summed E-state index contributed by atoms with van der Waals surface area (Å²) in [4.78, 5) is 4.03. The van der Waals surface area contributed by atoms with Gasteiger partial charge in [-0.2, -0.15) is 0 Å². The summed E-state index contributed by atoms with van der Waals surface area (Å²) in [5.74, 6) is 0. The maximum absolute atomic E-state index is 6.18. The molecule has 3 nitrogen and oxygen atoms in total. The zero-order chi connectivity index (χ0) is 12.8. The molecule has 1 saturated heterocycles. The van der Waals surface area contributed by atoms with Gasteiger partial charge in [0.1, 0.15) is 0 Å². The van der Waals surface area contributed by atoms with Gasteiger partial charge in [-0.15, -0.1) is 0 Å². The van der Waals surface area contributed by atoms with Crippen molar-refractivity contribution in [2.75, 3.05) is 13.2 Å². The molecule has 4 heteroatoms. The van der Waals surface area contributed by atoms with E-state index in [1.165, 1.54) is 6.42 Å². The summed E-state index contributed by atoms with van der Waals surface area (Å²) < 4.78 is 5.80. The molecule has 0 saturated carbocycles. The highest BCUT2D eigenvalue weighted by Crippen LogP contribution is 2.21. The third-order valence-electron chi connectivity index (χ3n) is 3.37. The Hall–Kier alpha value is -0.640. The minimum absolute atomic E-state index is 0.320. The fourth-order valence-electron chi connectivity index (χ4n) is 2.39. The van der Waals surface area contributed by atoms with E-state index in [1.54, 1.807) is 12.4 Å². The lowest BCUT2D eigenvalue weighted by atomic mass is 10.00. The zero-order valence-electron chi connectivity index (χ0n) is 10.9. The van der Waals surface area contributed by atoms with Gasteiger partial charge in [-0.25, -0.2) is 0 Å². The summed E-state index contributed by atoms with van der Waals surface area (Å²) in [5, 5.41) is 4.33. The van der Waals surface area contributed by atoms with E-state index in [0.29, 0.717) is 12.1 Å². The Labute approximate surface area is 114 Å². The van der Waals surface area contributed by atoms with Gasteiger partial charge in [-0.1, -0.05) is 18.5 Å². The topological polar surface area (TPSA) is 34.2 Å². The monoisotopic (exact) mass is 268 g/mol. The van der Waals surface area contributed by atoms with Gasteiger partial charge in [0.2, 0.25) is 0 Å². The molecule has 0 aromatic carbocycles. The van der Waals surface area contributed by atoms with Crippen molar-refractivity contribution < 1.29 is 4.74 Å². The van der Waals surface area contributed by atoms with Crippen LogP contribution in [0.3, 0.4) is 0 Å². The zero-order valence-corrected chi connectivity index (χ0v) is 11.6. The lowest BCUT2D eigenvalue weighted by molar-refractivity contribution is 0.0784. The molecule has 0 amide bonds.